The first-order valence-electron chi connectivity index (χ1n) is 7.53. The van der Waals surface area contributed by atoms with Gasteiger partial charge in [-0.05, 0) is 30.6 Å². The van der Waals surface area contributed by atoms with Gasteiger partial charge in [0.2, 0.25) is 0 Å². The van der Waals surface area contributed by atoms with Crippen LogP contribution in [0.3, 0.4) is 0 Å². The second-order valence-electron chi connectivity index (χ2n) is 6.75. The van der Waals surface area contributed by atoms with Crippen molar-refractivity contribution in [2.75, 3.05) is 0 Å². The summed E-state index contributed by atoms with van der Waals surface area (Å²) in [6.07, 6.45) is -10.3. The molecular weight excluding hydrogens is 342 g/mol. The summed E-state index contributed by atoms with van der Waals surface area (Å²) in [5.74, 6) is -3.44. The van der Waals surface area contributed by atoms with Crippen LogP contribution in [0.1, 0.15) is 26.7 Å². The molecule has 4 atom stereocenters. The van der Waals surface area contributed by atoms with E-state index in [1.807, 2.05) is 6.08 Å². The number of fused-ring (bicyclic) bond motifs is 2. The van der Waals surface area contributed by atoms with Crippen LogP contribution in [-0.4, -0.2) is 35.1 Å². The number of alkyl halides is 6. The molecule has 0 saturated heterocycles. The summed E-state index contributed by atoms with van der Waals surface area (Å²) >= 11 is 0. The summed E-state index contributed by atoms with van der Waals surface area (Å²) in [4.78, 5) is 12.1. The van der Waals surface area contributed by atoms with E-state index in [-0.39, 0.29) is 11.8 Å². The van der Waals surface area contributed by atoms with Crippen molar-refractivity contribution in [3.63, 3.8) is 0 Å². The monoisotopic (exact) mass is 360 g/mol. The van der Waals surface area contributed by atoms with Crippen molar-refractivity contribution in [3.05, 3.63) is 12.2 Å². The molecule has 1 N–H and O–H groups in total. The molecule has 2 aliphatic carbocycles. The van der Waals surface area contributed by atoms with Crippen molar-refractivity contribution in [1.29, 1.82) is 0 Å². The summed E-state index contributed by atoms with van der Waals surface area (Å²) in [5.41, 5.74) is -5.11. The minimum Gasteiger partial charge on any atom is -0.458 e. The zero-order valence-electron chi connectivity index (χ0n) is 13.0. The third-order valence-corrected chi connectivity index (χ3v) is 4.71. The van der Waals surface area contributed by atoms with Gasteiger partial charge in [-0.1, -0.05) is 26.0 Å². The maximum absolute atomic E-state index is 13.0. The van der Waals surface area contributed by atoms with Crippen molar-refractivity contribution in [2.45, 2.75) is 50.7 Å². The number of ether oxygens (including phenoxy) is 1. The molecule has 0 radical (unpaired) electrons. The normalized spacial score (nSPS) is 28.5. The number of halogens is 6. The third-order valence-electron chi connectivity index (χ3n) is 4.71. The van der Waals surface area contributed by atoms with Gasteiger partial charge in [-0.2, -0.15) is 26.3 Å². The first-order valence-corrected chi connectivity index (χ1v) is 7.53. The quantitative estimate of drug-likeness (QED) is 0.473. The zero-order chi connectivity index (χ0) is 18.5. The summed E-state index contributed by atoms with van der Waals surface area (Å²) in [7, 11) is 0. The summed E-state index contributed by atoms with van der Waals surface area (Å²) in [6.45, 7) is 2.06. The molecule has 1 fully saturated rings. The lowest BCUT2D eigenvalue weighted by Gasteiger charge is -2.40. The Morgan fingerprint density at radius 1 is 1.08 bits per heavy atom. The molecule has 0 aromatic heterocycles. The smallest absolute Gasteiger partial charge is 0.430 e. The summed E-state index contributed by atoms with van der Waals surface area (Å²) in [5, 5.41) is 9.50. The van der Waals surface area contributed by atoms with Gasteiger partial charge < -0.3 is 9.84 Å². The molecule has 1 saturated carbocycles. The van der Waals surface area contributed by atoms with Crippen molar-refractivity contribution in [2.24, 2.45) is 23.7 Å². The van der Waals surface area contributed by atoms with Crippen LogP contribution in [0, 0.1) is 23.7 Å². The molecular formula is C15H18F6O3. The third kappa shape index (κ3) is 3.02. The van der Waals surface area contributed by atoms with Gasteiger partial charge in [0.05, 0.1) is 5.92 Å². The molecule has 138 valence electrons. The van der Waals surface area contributed by atoms with Crippen molar-refractivity contribution < 1.29 is 41.0 Å². The van der Waals surface area contributed by atoms with Crippen LogP contribution in [0.2, 0.25) is 0 Å². The van der Waals surface area contributed by atoms with E-state index >= 15 is 0 Å². The lowest BCUT2D eigenvalue weighted by atomic mass is 9.86. The Morgan fingerprint density at radius 3 is 1.96 bits per heavy atom. The van der Waals surface area contributed by atoms with E-state index in [1.165, 1.54) is 0 Å². The Bertz CT molecular complexity index is 508. The van der Waals surface area contributed by atoms with Crippen LogP contribution in [0.25, 0.3) is 0 Å². The molecule has 0 aromatic carbocycles. The largest absolute Gasteiger partial charge is 0.458 e. The Labute approximate surface area is 134 Å². The van der Waals surface area contributed by atoms with E-state index in [4.69, 9.17) is 0 Å². The number of carbonyl (C=O) groups excluding carboxylic acids is 1. The molecule has 0 aliphatic heterocycles. The fourth-order valence-corrected chi connectivity index (χ4v) is 3.45. The highest BCUT2D eigenvalue weighted by Gasteiger charge is 2.76. The Kier molecular flexibility index (Phi) is 4.71. The number of esters is 1. The van der Waals surface area contributed by atoms with E-state index in [1.54, 1.807) is 6.08 Å². The highest BCUT2D eigenvalue weighted by atomic mass is 19.4. The lowest BCUT2D eigenvalue weighted by Crippen LogP contribution is -2.66. The average Bonchev–Trinajstić information content (AvgIpc) is 3.03. The van der Waals surface area contributed by atoms with Gasteiger partial charge in [0.1, 0.15) is 0 Å². The average molecular weight is 360 g/mol. The van der Waals surface area contributed by atoms with Crippen LogP contribution in [0.15, 0.2) is 12.2 Å². The minimum absolute atomic E-state index is 0.0918. The summed E-state index contributed by atoms with van der Waals surface area (Å²) < 4.78 is 82.7. The fourth-order valence-electron chi connectivity index (χ4n) is 3.45. The Morgan fingerprint density at radius 2 is 1.62 bits per heavy atom. The SMILES string of the molecule is CC(C)C(OC(=O)C1C[C@@H]2C=CC1C2)C(O)(C(F)(F)F)C(F)(F)F. The first kappa shape index (κ1) is 19.1. The molecule has 0 aromatic rings. The number of allylic oxidation sites excluding steroid dienone is 2. The van der Waals surface area contributed by atoms with E-state index < -0.39 is 41.9 Å². The van der Waals surface area contributed by atoms with Crippen molar-refractivity contribution in [3.8, 4) is 0 Å². The zero-order valence-corrected chi connectivity index (χ0v) is 13.0. The van der Waals surface area contributed by atoms with E-state index in [0.29, 0.717) is 12.8 Å². The molecule has 3 nitrogen and oxygen atoms in total. The first-order chi connectivity index (χ1) is 10.8. The van der Waals surface area contributed by atoms with E-state index in [0.717, 1.165) is 13.8 Å². The number of aliphatic hydroxyl groups is 1. The Balaban J connectivity index is 2.28. The molecule has 3 unspecified atom stereocenters. The number of rotatable bonds is 4. The highest BCUT2D eigenvalue weighted by Crippen LogP contribution is 2.49. The lowest BCUT2D eigenvalue weighted by molar-refractivity contribution is -0.395. The Hall–Kier alpha value is -1.25. The van der Waals surface area contributed by atoms with Gasteiger partial charge in [-0.25, -0.2) is 0 Å². The predicted octanol–water partition coefficient (Wildman–Crippen LogP) is 3.62. The van der Waals surface area contributed by atoms with Crippen LogP contribution in [-0.2, 0) is 9.53 Å². The van der Waals surface area contributed by atoms with Gasteiger partial charge >= 0.3 is 18.3 Å². The minimum atomic E-state index is -6.03. The van der Waals surface area contributed by atoms with Crippen LogP contribution in [0.5, 0.6) is 0 Å². The summed E-state index contributed by atoms with van der Waals surface area (Å²) in [6, 6.07) is 0. The van der Waals surface area contributed by atoms with Gasteiger partial charge in [-0.15, -0.1) is 0 Å². The van der Waals surface area contributed by atoms with E-state index in [2.05, 4.69) is 4.74 Å². The van der Waals surface area contributed by atoms with E-state index in [9.17, 15) is 36.2 Å². The fraction of sp³-hybridized carbons (Fsp3) is 0.800. The maximum atomic E-state index is 13.0. The van der Waals surface area contributed by atoms with Crippen molar-refractivity contribution in [1.82, 2.24) is 0 Å². The highest BCUT2D eigenvalue weighted by molar-refractivity contribution is 5.74. The molecule has 9 heteroatoms. The second kappa shape index (κ2) is 5.93. The van der Waals surface area contributed by atoms with Crippen LogP contribution < -0.4 is 0 Å². The molecule has 0 spiro atoms. The van der Waals surface area contributed by atoms with Gasteiger partial charge in [0, 0.05) is 0 Å². The molecule has 2 rings (SSSR count). The van der Waals surface area contributed by atoms with Gasteiger partial charge in [0.25, 0.3) is 5.60 Å². The second-order valence-corrected chi connectivity index (χ2v) is 6.75. The predicted molar refractivity (Wildman–Crippen MR) is 70.6 cm³/mol. The molecule has 0 amide bonds. The molecule has 2 aliphatic rings. The van der Waals surface area contributed by atoms with Gasteiger partial charge in [-0.3, -0.25) is 4.79 Å². The maximum Gasteiger partial charge on any atom is 0.430 e. The standard InChI is InChI=1S/C15H18F6O3/c1-7(2)11(13(23,14(16,17)18)15(19,20)21)24-12(22)10-6-8-3-4-9(10)5-8/h3-4,7-11,23H,5-6H2,1-2H3/t8-,9?,10?,11?/m1/s1. The molecule has 24 heavy (non-hydrogen) atoms. The van der Waals surface area contributed by atoms with Crippen molar-refractivity contribution >= 4 is 5.97 Å². The number of hydrogen-bond donors (Lipinski definition) is 1. The number of hydrogen-bond acceptors (Lipinski definition) is 3. The van der Waals surface area contributed by atoms with Crippen LogP contribution in [0.4, 0.5) is 26.3 Å². The molecule has 0 heterocycles. The molecule has 2 bridgehead atoms. The van der Waals surface area contributed by atoms with Crippen LogP contribution >= 0.6 is 0 Å². The van der Waals surface area contributed by atoms with Gasteiger partial charge in [0.15, 0.2) is 6.10 Å². The number of carbonyl (C=O) groups is 1. The topological polar surface area (TPSA) is 46.5 Å².